The number of aliphatic carboxylic acids is 4. The Bertz CT molecular complexity index is 447. The molecule has 14 heteroatoms. The van der Waals surface area contributed by atoms with Gasteiger partial charge in [0.2, 0.25) is 0 Å². The van der Waals surface area contributed by atoms with Crippen LogP contribution in [0.1, 0.15) is 53.4 Å². The zero-order valence-corrected chi connectivity index (χ0v) is 20.0. The molecule has 0 radical (unpaired) electrons. The van der Waals surface area contributed by atoms with Crippen molar-refractivity contribution in [3.05, 3.63) is 0 Å². The zero-order chi connectivity index (χ0) is 23.4. The summed E-state index contributed by atoms with van der Waals surface area (Å²) in [6.45, 7) is 4.82. The van der Waals surface area contributed by atoms with Crippen LogP contribution in [-0.2, 0) is 38.4 Å². The maximum atomic E-state index is 9.83. The largest absolute Gasteiger partial charge is 2.00 e. The van der Waals surface area contributed by atoms with Gasteiger partial charge in [-0.1, -0.05) is 0 Å². The van der Waals surface area contributed by atoms with Gasteiger partial charge in [-0.05, 0) is 27.7 Å². The molecule has 0 amide bonds. The van der Waals surface area contributed by atoms with Gasteiger partial charge in [-0.2, -0.15) is 0 Å². The smallest absolute Gasteiger partial charge is 0.550 e. The molecule has 0 saturated heterocycles. The van der Waals surface area contributed by atoms with Gasteiger partial charge >= 0.3 is 46.1 Å². The summed E-state index contributed by atoms with van der Waals surface area (Å²) in [5, 5.41) is 37.9. The molecular weight excluding hydrogens is 433 g/mol. The van der Waals surface area contributed by atoms with E-state index in [4.69, 9.17) is 0 Å². The molecule has 0 rings (SSSR count). The molecule has 0 aliphatic carbocycles. The molecule has 12 nitrogen and oxygen atoms in total. The molecule has 0 spiro atoms. The first-order chi connectivity index (χ1) is 12.5. The van der Waals surface area contributed by atoms with Gasteiger partial charge in [0.25, 0.3) is 0 Å². The molecule has 0 fully saturated rings. The summed E-state index contributed by atoms with van der Waals surface area (Å²) in [4.78, 5) is 77.2. The number of Topliss-reactive ketones (excluding diaryl/α,β-unsaturated/α-hetero) is 4. The number of carbonyl (C=O) groups is 8. The van der Waals surface area contributed by atoms with Crippen molar-refractivity contribution in [2.45, 2.75) is 53.4 Å². The SMILES string of the molecule is CC(=O)CC(=O)[O-].CC(=O)CC(=O)[O-].CC(=O)CC(=O)[O-].CC(=O)CC(=O)[O-].[Mg+2].[Mg+2]. The Labute approximate surface area is 204 Å². The van der Waals surface area contributed by atoms with Crippen molar-refractivity contribution in [3.63, 3.8) is 0 Å². The van der Waals surface area contributed by atoms with Crippen molar-refractivity contribution in [1.82, 2.24) is 0 Å². The van der Waals surface area contributed by atoms with E-state index in [1.165, 1.54) is 27.7 Å². The molecule has 0 saturated carbocycles. The second kappa shape index (κ2) is 27.1. The predicted octanol–water partition coefficient (Wildman–Crippen LogP) is -5.90. The molecule has 0 bridgehead atoms. The first-order valence-electron chi connectivity index (χ1n) is 7.28. The number of hydrogen-bond donors (Lipinski definition) is 0. The first kappa shape index (κ1) is 42.2. The van der Waals surface area contributed by atoms with Gasteiger partial charge in [0.1, 0.15) is 23.1 Å². The monoisotopic (exact) mass is 452 g/mol. The zero-order valence-electron chi connectivity index (χ0n) is 17.1. The van der Waals surface area contributed by atoms with E-state index < -0.39 is 49.6 Å². The summed E-state index contributed by atoms with van der Waals surface area (Å²) in [5.74, 6) is -6.75. The minimum Gasteiger partial charge on any atom is -0.550 e. The predicted molar refractivity (Wildman–Crippen MR) is 92.7 cm³/mol. The Morgan fingerprint density at radius 2 is 0.500 bits per heavy atom. The second-order valence-electron chi connectivity index (χ2n) is 5.00. The molecule has 0 atom stereocenters. The third-order valence-electron chi connectivity index (χ3n) is 1.57. The van der Waals surface area contributed by atoms with Crippen LogP contribution in [0.2, 0.25) is 0 Å². The van der Waals surface area contributed by atoms with Crippen LogP contribution >= 0.6 is 0 Å². The number of carboxylic acids is 4. The maximum absolute atomic E-state index is 9.83. The molecule has 160 valence electrons. The van der Waals surface area contributed by atoms with E-state index in [0.29, 0.717) is 0 Å². The molecular formula is C16H20Mg2O12. The van der Waals surface area contributed by atoms with Gasteiger partial charge < -0.3 is 39.6 Å². The summed E-state index contributed by atoms with van der Waals surface area (Å²) >= 11 is 0. The molecule has 0 aromatic carbocycles. The minimum atomic E-state index is -1.31. The van der Waals surface area contributed by atoms with Crippen LogP contribution in [0.4, 0.5) is 0 Å². The van der Waals surface area contributed by atoms with Gasteiger partial charge in [0.05, 0.1) is 0 Å². The summed E-state index contributed by atoms with van der Waals surface area (Å²) in [7, 11) is 0. The quantitative estimate of drug-likeness (QED) is 0.247. The number of carboxylic acid groups (broad SMARTS) is 4. The van der Waals surface area contributed by atoms with Crippen LogP contribution in [0.15, 0.2) is 0 Å². The van der Waals surface area contributed by atoms with Crippen LogP contribution in [0.3, 0.4) is 0 Å². The normalized spacial score (nSPS) is 7.60. The van der Waals surface area contributed by atoms with Gasteiger partial charge in [0, 0.05) is 49.6 Å². The molecule has 0 heterocycles. The molecule has 0 aromatic heterocycles. The Kier molecular flexibility index (Phi) is 38.2. The van der Waals surface area contributed by atoms with E-state index >= 15 is 0 Å². The molecule has 0 aliphatic heterocycles. The minimum absolute atomic E-state index is 0. The average Bonchev–Trinajstić information content (AvgIpc) is 2.32. The van der Waals surface area contributed by atoms with E-state index in [0.717, 1.165) is 0 Å². The van der Waals surface area contributed by atoms with Crippen molar-refractivity contribution in [3.8, 4) is 0 Å². The van der Waals surface area contributed by atoms with Crippen LogP contribution < -0.4 is 20.4 Å². The van der Waals surface area contributed by atoms with Crippen LogP contribution in [0.25, 0.3) is 0 Å². The summed E-state index contributed by atoms with van der Waals surface area (Å²) in [5.41, 5.74) is 0. The summed E-state index contributed by atoms with van der Waals surface area (Å²) in [6.07, 6.45) is -1.89. The Morgan fingerprint density at radius 1 is 0.400 bits per heavy atom. The van der Waals surface area contributed by atoms with Crippen molar-refractivity contribution in [1.29, 1.82) is 0 Å². The van der Waals surface area contributed by atoms with E-state index in [2.05, 4.69) is 0 Å². The van der Waals surface area contributed by atoms with Crippen molar-refractivity contribution < 1.29 is 58.8 Å². The Morgan fingerprint density at radius 3 is 0.500 bits per heavy atom. The number of rotatable bonds is 8. The van der Waals surface area contributed by atoms with E-state index in [-0.39, 0.29) is 69.2 Å². The van der Waals surface area contributed by atoms with E-state index in [1.807, 2.05) is 0 Å². The topological polar surface area (TPSA) is 229 Å². The molecule has 30 heavy (non-hydrogen) atoms. The molecule has 0 N–H and O–H groups in total. The van der Waals surface area contributed by atoms with E-state index in [1.54, 1.807) is 0 Å². The summed E-state index contributed by atoms with van der Waals surface area (Å²) < 4.78 is 0. The van der Waals surface area contributed by atoms with Crippen LogP contribution in [0, 0.1) is 0 Å². The molecule has 0 aromatic rings. The average molecular weight is 453 g/mol. The second-order valence-corrected chi connectivity index (χ2v) is 5.00. The van der Waals surface area contributed by atoms with Crippen LogP contribution in [0.5, 0.6) is 0 Å². The fourth-order valence-electron chi connectivity index (χ4n) is 0.813. The maximum Gasteiger partial charge on any atom is 2.00 e. The summed E-state index contributed by atoms with van der Waals surface area (Å²) in [6, 6.07) is 0. The standard InChI is InChI=1S/4C4H6O3.2Mg/c4*1-3(5)2-4(6)7;;/h4*2H2,1H3,(H,6,7);;/q;;;;2*+2/p-4. The fourth-order valence-corrected chi connectivity index (χ4v) is 0.813. The number of carbonyl (C=O) groups excluding carboxylic acids is 8. The third-order valence-corrected chi connectivity index (χ3v) is 1.57. The van der Waals surface area contributed by atoms with Crippen molar-refractivity contribution in [2.24, 2.45) is 0 Å². The van der Waals surface area contributed by atoms with Crippen molar-refractivity contribution in [2.75, 3.05) is 0 Å². The van der Waals surface area contributed by atoms with E-state index in [9.17, 15) is 58.8 Å². The van der Waals surface area contributed by atoms with Gasteiger partial charge in [-0.3, -0.25) is 19.2 Å². The van der Waals surface area contributed by atoms with Gasteiger partial charge in [-0.15, -0.1) is 0 Å². The first-order valence-corrected chi connectivity index (χ1v) is 7.28. The Hall–Kier alpha value is -1.91. The van der Waals surface area contributed by atoms with Gasteiger partial charge in [0.15, 0.2) is 0 Å². The number of hydrogen-bond acceptors (Lipinski definition) is 12. The fraction of sp³-hybridized carbons (Fsp3) is 0.500. The Balaban J connectivity index is -0.0000000626. The number of ketones is 4. The van der Waals surface area contributed by atoms with Crippen LogP contribution in [-0.4, -0.2) is 93.1 Å². The molecule has 0 unspecified atom stereocenters. The molecule has 0 aliphatic rings. The van der Waals surface area contributed by atoms with Gasteiger partial charge in [-0.25, -0.2) is 0 Å². The van der Waals surface area contributed by atoms with Crippen molar-refractivity contribution >= 4 is 93.1 Å². The third kappa shape index (κ3) is 82.7.